The van der Waals surface area contributed by atoms with Crippen LogP contribution in [0.1, 0.15) is 33.3 Å². The van der Waals surface area contributed by atoms with E-state index in [9.17, 15) is 4.79 Å². The van der Waals surface area contributed by atoms with E-state index in [0.29, 0.717) is 6.54 Å². The Morgan fingerprint density at radius 2 is 2.00 bits per heavy atom. The SMILES string of the molecule is CC(CNC(=O)OC(C)(C)C)NCc1ccccc1Br. The molecule has 0 spiro atoms. The molecular formula is C15H23BrN2O2. The minimum atomic E-state index is -0.463. The molecule has 5 heteroatoms. The summed E-state index contributed by atoms with van der Waals surface area (Å²) >= 11 is 3.51. The molecule has 0 aromatic heterocycles. The van der Waals surface area contributed by atoms with E-state index in [1.165, 1.54) is 5.56 Å². The van der Waals surface area contributed by atoms with Crippen molar-refractivity contribution in [2.75, 3.05) is 6.54 Å². The number of alkyl carbamates (subject to hydrolysis) is 1. The van der Waals surface area contributed by atoms with Crippen LogP contribution in [0.3, 0.4) is 0 Å². The van der Waals surface area contributed by atoms with Gasteiger partial charge in [-0.15, -0.1) is 0 Å². The van der Waals surface area contributed by atoms with Gasteiger partial charge in [0, 0.05) is 23.6 Å². The van der Waals surface area contributed by atoms with Crippen molar-refractivity contribution < 1.29 is 9.53 Å². The first-order valence-corrected chi connectivity index (χ1v) is 7.51. The zero-order valence-corrected chi connectivity index (χ0v) is 14.1. The molecule has 0 saturated heterocycles. The largest absolute Gasteiger partial charge is 0.444 e. The van der Waals surface area contributed by atoms with Crippen LogP contribution in [0.4, 0.5) is 4.79 Å². The molecule has 0 fully saturated rings. The average molecular weight is 343 g/mol. The standard InChI is InChI=1S/C15H23BrN2O2/c1-11(9-18-14(19)20-15(2,3)4)17-10-12-7-5-6-8-13(12)16/h5-8,11,17H,9-10H2,1-4H3,(H,18,19). The molecular weight excluding hydrogens is 320 g/mol. The first-order valence-electron chi connectivity index (χ1n) is 6.71. The molecule has 0 saturated carbocycles. The van der Waals surface area contributed by atoms with Crippen LogP contribution in [-0.2, 0) is 11.3 Å². The summed E-state index contributed by atoms with van der Waals surface area (Å²) in [5, 5.41) is 6.11. The number of carbonyl (C=O) groups excluding carboxylic acids is 1. The van der Waals surface area contributed by atoms with Gasteiger partial charge in [-0.25, -0.2) is 4.79 Å². The third-order valence-corrected chi connectivity index (χ3v) is 3.32. The van der Waals surface area contributed by atoms with Gasteiger partial charge in [-0.3, -0.25) is 0 Å². The van der Waals surface area contributed by atoms with E-state index in [1.807, 2.05) is 45.9 Å². The van der Waals surface area contributed by atoms with Crippen molar-refractivity contribution in [1.29, 1.82) is 0 Å². The van der Waals surface area contributed by atoms with Gasteiger partial charge >= 0.3 is 6.09 Å². The molecule has 0 heterocycles. The second-order valence-corrected chi connectivity index (χ2v) is 6.61. The number of halogens is 1. The number of carbonyl (C=O) groups is 1. The van der Waals surface area contributed by atoms with Gasteiger partial charge in [0.2, 0.25) is 0 Å². The second kappa shape index (κ2) is 7.64. The fraction of sp³-hybridized carbons (Fsp3) is 0.533. The Morgan fingerprint density at radius 3 is 2.60 bits per heavy atom. The summed E-state index contributed by atoms with van der Waals surface area (Å²) in [7, 11) is 0. The van der Waals surface area contributed by atoms with Gasteiger partial charge in [0.1, 0.15) is 5.60 Å². The lowest BCUT2D eigenvalue weighted by atomic mass is 10.2. The highest BCUT2D eigenvalue weighted by Gasteiger charge is 2.16. The van der Waals surface area contributed by atoms with Crippen LogP contribution in [0.5, 0.6) is 0 Å². The molecule has 1 atom stereocenters. The molecule has 1 aromatic carbocycles. The highest BCUT2D eigenvalue weighted by atomic mass is 79.9. The van der Waals surface area contributed by atoms with Crippen LogP contribution in [0.2, 0.25) is 0 Å². The van der Waals surface area contributed by atoms with Crippen LogP contribution >= 0.6 is 15.9 Å². The van der Waals surface area contributed by atoms with E-state index in [4.69, 9.17) is 4.74 Å². The predicted octanol–water partition coefficient (Wildman–Crippen LogP) is 3.45. The monoisotopic (exact) mass is 342 g/mol. The van der Waals surface area contributed by atoms with Gasteiger partial charge in [-0.2, -0.15) is 0 Å². The molecule has 0 aliphatic carbocycles. The summed E-state index contributed by atoms with van der Waals surface area (Å²) in [6.45, 7) is 8.84. The van der Waals surface area contributed by atoms with Crippen molar-refractivity contribution in [2.24, 2.45) is 0 Å². The Balaban J connectivity index is 2.29. The summed E-state index contributed by atoms with van der Waals surface area (Å²) in [6, 6.07) is 8.23. The molecule has 0 aliphatic rings. The summed E-state index contributed by atoms with van der Waals surface area (Å²) in [5.74, 6) is 0. The molecule has 20 heavy (non-hydrogen) atoms. The maximum atomic E-state index is 11.5. The first-order chi connectivity index (χ1) is 9.28. The Kier molecular flexibility index (Phi) is 6.49. The molecule has 1 rings (SSSR count). The number of rotatable bonds is 5. The van der Waals surface area contributed by atoms with E-state index < -0.39 is 5.60 Å². The average Bonchev–Trinajstić information content (AvgIpc) is 2.33. The zero-order chi connectivity index (χ0) is 15.2. The summed E-state index contributed by atoms with van der Waals surface area (Å²) in [6.07, 6.45) is -0.382. The van der Waals surface area contributed by atoms with Crippen molar-refractivity contribution in [3.8, 4) is 0 Å². The van der Waals surface area contributed by atoms with Gasteiger partial charge in [-0.1, -0.05) is 34.1 Å². The fourth-order valence-corrected chi connectivity index (χ4v) is 1.97. The van der Waals surface area contributed by atoms with E-state index in [0.717, 1.165) is 11.0 Å². The van der Waals surface area contributed by atoms with E-state index in [-0.39, 0.29) is 12.1 Å². The summed E-state index contributed by atoms with van der Waals surface area (Å²) in [4.78, 5) is 11.5. The normalized spacial score (nSPS) is 12.8. The highest BCUT2D eigenvalue weighted by molar-refractivity contribution is 9.10. The lowest BCUT2D eigenvalue weighted by molar-refractivity contribution is 0.0523. The lowest BCUT2D eigenvalue weighted by Gasteiger charge is -2.21. The van der Waals surface area contributed by atoms with Gasteiger partial charge in [0.15, 0.2) is 0 Å². The van der Waals surface area contributed by atoms with Crippen molar-refractivity contribution in [1.82, 2.24) is 10.6 Å². The van der Waals surface area contributed by atoms with E-state index >= 15 is 0 Å². The summed E-state index contributed by atoms with van der Waals surface area (Å²) in [5.41, 5.74) is 0.729. The number of nitrogens with one attached hydrogen (secondary N) is 2. The molecule has 1 aromatic rings. The van der Waals surface area contributed by atoms with Gasteiger partial charge in [0.25, 0.3) is 0 Å². The lowest BCUT2D eigenvalue weighted by Crippen LogP contribution is -2.41. The Bertz CT molecular complexity index is 444. The Hall–Kier alpha value is -1.07. The fourth-order valence-electron chi connectivity index (χ4n) is 1.55. The van der Waals surface area contributed by atoms with Gasteiger partial charge < -0.3 is 15.4 Å². The number of amides is 1. The quantitative estimate of drug-likeness (QED) is 0.861. The minimum absolute atomic E-state index is 0.162. The molecule has 0 aliphatic heterocycles. The van der Waals surface area contributed by atoms with Crippen molar-refractivity contribution in [3.05, 3.63) is 34.3 Å². The van der Waals surface area contributed by atoms with Crippen molar-refractivity contribution >= 4 is 22.0 Å². The molecule has 0 radical (unpaired) electrons. The Labute approximate surface area is 129 Å². The van der Waals surface area contributed by atoms with Crippen LogP contribution in [0.15, 0.2) is 28.7 Å². The third kappa shape index (κ3) is 6.91. The molecule has 0 bridgehead atoms. The van der Waals surface area contributed by atoms with Crippen LogP contribution < -0.4 is 10.6 Å². The van der Waals surface area contributed by atoms with Gasteiger partial charge in [-0.05, 0) is 39.3 Å². The zero-order valence-electron chi connectivity index (χ0n) is 12.5. The molecule has 1 amide bonds. The summed E-state index contributed by atoms with van der Waals surface area (Å²) < 4.78 is 6.27. The topological polar surface area (TPSA) is 50.4 Å². The number of hydrogen-bond donors (Lipinski definition) is 2. The second-order valence-electron chi connectivity index (χ2n) is 5.76. The molecule has 112 valence electrons. The van der Waals surface area contributed by atoms with Crippen LogP contribution in [-0.4, -0.2) is 24.3 Å². The van der Waals surface area contributed by atoms with Crippen LogP contribution in [0.25, 0.3) is 0 Å². The maximum absolute atomic E-state index is 11.5. The smallest absolute Gasteiger partial charge is 0.407 e. The van der Waals surface area contributed by atoms with E-state index in [1.54, 1.807) is 0 Å². The van der Waals surface area contributed by atoms with Crippen molar-refractivity contribution in [3.63, 3.8) is 0 Å². The minimum Gasteiger partial charge on any atom is -0.444 e. The first kappa shape index (κ1) is 17.0. The van der Waals surface area contributed by atoms with Crippen molar-refractivity contribution in [2.45, 2.75) is 45.9 Å². The Morgan fingerprint density at radius 1 is 1.35 bits per heavy atom. The predicted molar refractivity (Wildman–Crippen MR) is 84.7 cm³/mol. The maximum Gasteiger partial charge on any atom is 0.407 e. The number of benzene rings is 1. The molecule has 1 unspecified atom stereocenters. The third-order valence-electron chi connectivity index (χ3n) is 2.55. The van der Waals surface area contributed by atoms with E-state index in [2.05, 4.69) is 32.6 Å². The van der Waals surface area contributed by atoms with Crippen LogP contribution in [0, 0.1) is 0 Å². The molecule has 4 nitrogen and oxygen atoms in total. The number of hydrogen-bond acceptors (Lipinski definition) is 3. The van der Waals surface area contributed by atoms with Gasteiger partial charge in [0.05, 0.1) is 0 Å². The highest BCUT2D eigenvalue weighted by Crippen LogP contribution is 2.15. The number of ether oxygens (including phenoxy) is 1. The molecule has 2 N–H and O–H groups in total.